The third-order valence-electron chi connectivity index (χ3n) is 3.27. The van der Waals surface area contributed by atoms with Crippen molar-refractivity contribution >= 4 is 0 Å². The van der Waals surface area contributed by atoms with Crippen molar-refractivity contribution in [3.8, 4) is 0 Å². The first-order chi connectivity index (χ1) is 8.05. The second-order valence-corrected chi connectivity index (χ2v) is 4.56. The summed E-state index contributed by atoms with van der Waals surface area (Å²) in [6, 6.07) is -0.0429. The molecule has 1 aliphatic rings. The van der Waals surface area contributed by atoms with E-state index < -0.39 is 12.1 Å². The molecule has 6 heteroatoms. The van der Waals surface area contributed by atoms with E-state index in [-0.39, 0.29) is 18.9 Å². The Balaban J connectivity index is 1.81. The van der Waals surface area contributed by atoms with E-state index in [0.717, 1.165) is 12.1 Å². The minimum absolute atomic E-state index is 0.0429. The number of aromatic nitrogens is 2. The van der Waals surface area contributed by atoms with E-state index in [1.54, 1.807) is 12.5 Å². The summed E-state index contributed by atoms with van der Waals surface area (Å²) >= 11 is 0. The van der Waals surface area contributed by atoms with E-state index in [1.165, 1.54) is 0 Å². The van der Waals surface area contributed by atoms with E-state index in [0.29, 0.717) is 13.0 Å². The SMILES string of the molecule is FC(F)(F)C1CCCC(NCc2cnc[nH]2)C1. The molecule has 1 aromatic heterocycles. The van der Waals surface area contributed by atoms with Crippen LogP contribution in [0.25, 0.3) is 0 Å². The molecule has 0 amide bonds. The van der Waals surface area contributed by atoms with Gasteiger partial charge in [0.2, 0.25) is 0 Å². The summed E-state index contributed by atoms with van der Waals surface area (Å²) in [7, 11) is 0. The van der Waals surface area contributed by atoms with Gasteiger partial charge >= 0.3 is 6.18 Å². The van der Waals surface area contributed by atoms with Crippen molar-refractivity contribution in [3.05, 3.63) is 18.2 Å². The van der Waals surface area contributed by atoms with Crippen molar-refractivity contribution < 1.29 is 13.2 Å². The van der Waals surface area contributed by atoms with Gasteiger partial charge in [0.05, 0.1) is 12.2 Å². The summed E-state index contributed by atoms with van der Waals surface area (Å²) in [5, 5.41) is 3.15. The van der Waals surface area contributed by atoms with Crippen LogP contribution >= 0.6 is 0 Å². The van der Waals surface area contributed by atoms with Crippen LogP contribution in [0.3, 0.4) is 0 Å². The molecular weight excluding hydrogens is 231 g/mol. The van der Waals surface area contributed by atoms with E-state index in [4.69, 9.17) is 0 Å². The van der Waals surface area contributed by atoms with Crippen molar-refractivity contribution in [3.63, 3.8) is 0 Å². The van der Waals surface area contributed by atoms with Crippen molar-refractivity contribution in [1.82, 2.24) is 15.3 Å². The highest BCUT2D eigenvalue weighted by atomic mass is 19.4. The van der Waals surface area contributed by atoms with E-state index in [9.17, 15) is 13.2 Å². The van der Waals surface area contributed by atoms with Gasteiger partial charge in [0, 0.05) is 24.5 Å². The maximum atomic E-state index is 12.6. The molecule has 1 aromatic rings. The summed E-state index contributed by atoms with van der Waals surface area (Å²) in [6.07, 6.45) is 1.12. The van der Waals surface area contributed by atoms with E-state index in [1.807, 2.05) is 0 Å². The Kier molecular flexibility index (Phi) is 3.71. The van der Waals surface area contributed by atoms with Gasteiger partial charge < -0.3 is 10.3 Å². The Labute approximate surface area is 97.8 Å². The molecule has 0 saturated heterocycles. The number of aromatic amines is 1. The molecule has 2 unspecified atom stereocenters. The average Bonchev–Trinajstić information content (AvgIpc) is 2.78. The largest absolute Gasteiger partial charge is 0.391 e. The predicted octanol–water partition coefficient (Wildman–Crippen LogP) is 2.62. The lowest BCUT2D eigenvalue weighted by atomic mass is 9.85. The van der Waals surface area contributed by atoms with Crippen molar-refractivity contribution in [2.45, 2.75) is 44.4 Å². The van der Waals surface area contributed by atoms with Crippen molar-refractivity contribution in [2.75, 3.05) is 0 Å². The van der Waals surface area contributed by atoms with Crippen molar-refractivity contribution in [1.29, 1.82) is 0 Å². The second-order valence-electron chi connectivity index (χ2n) is 4.56. The maximum absolute atomic E-state index is 12.6. The molecule has 2 rings (SSSR count). The predicted molar refractivity (Wildman–Crippen MR) is 57.2 cm³/mol. The Bertz CT molecular complexity index is 334. The number of nitrogens with zero attached hydrogens (tertiary/aromatic N) is 1. The first-order valence-corrected chi connectivity index (χ1v) is 5.83. The number of nitrogens with one attached hydrogen (secondary N) is 2. The van der Waals surface area contributed by atoms with Crippen LogP contribution in [0.1, 0.15) is 31.4 Å². The molecule has 96 valence electrons. The van der Waals surface area contributed by atoms with Crippen LogP contribution in [0.4, 0.5) is 13.2 Å². The van der Waals surface area contributed by atoms with Crippen LogP contribution in [0.5, 0.6) is 0 Å². The van der Waals surface area contributed by atoms with Gasteiger partial charge in [-0.25, -0.2) is 4.98 Å². The molecule has 2 atom stereocenters. The summed E-state index contributed by atoms with van der Waals surface area (Å²) in [5.41, 5.74) is 0.902. The average molecular weight is 247 g/mol. The lowest BCUT2D eigenvalue weighted by Crippen LogP contribution is -2.38. The van der Waals surface area contributed by atoms with Crippen LogP contribution in [0.2, 0.25) is 0 Å². The lowest BCUT2D eigenvalue weighted by molar-refractivity contribution is -0.183. The lowest BCUT2D eigenvalue weighted by Gasteiger charge is -2.31. The third kappa shape index (κ3) is 3.46. The van der Waals surface area contributed by atoms with Crippen LogP contribution in [-0.4, -0.2) is 22.2 Å². The molecule has 3 nitrogen and oxygen atoms in total. The van der Waals surface area contributed by atoms with Crippen molar-refractivity contribution in [2.24, 2.45) is 5.92 Å². The molecule has 1 fully saturated rings. The van der Waals surface area contributed by atoms with Gasteiger partial charge in [-0.3, -0.25) is 0 Å². The van der Waals surface area contributed by atoms with Gasteiger partial charge in [0.1, 0.15) is 0 Å². The number of hydrogen-bond donors (Lipinski definition) is 2. The van der Waals surface area contributed by atoms with Crippen LogP contribution in [-0.2, 0) is 6.54 Å². The smallest absolute Gasteiger partial charge is 0.347 e. The van der Waals surface area contributed by atoms with Gasteiger partial charge in [0.25, 0.3) is 0 Å². The first kappa shape index (κ1) is 12.4. The summed E-state index contributed by atoms with van der Waals surface area (Å²) in [6.45, 7) is 0.551. The van der Waals surface area contributed by atoms with Crippen LogP contribution in [0, 0.1) is 5.92 Å². The number of alkyl halides is 3. The van der Waals surface area contributed by atoms with Gasteiger partial charge in [-0.1, -0.05) is 6.42 Å². The summed E-state index contributed by atoms with van der Waals surface area (Å²) in [5.74, 6) is -1.14. The fourth-order valence-electron chi connectivity index (χ4n) is 2.31. The fourth-order valence-corrected chi connectivity index (χ4v) is 2.31. The topological polar surface area (TPSA) is 40.7 Å². The number of imidazole rings is 1. The molecule has 1 saturated carbocycles. The summed E-state index contributed by atoms with van der Waals surface area (Å²) < 4.78 is 37.8. The summed E-state index contributed by atoms with van der Waals surface area (Å²) in [4.78, 5) is 6.79. The highest BCUT2D eigenvalue weighted by molar-refractivity contribution is 4.94. The standard InChI is InChI=1S/C11H16F3N3/c12-11(13,14)8-2-1-3-9(4-8)16-6-10-5-15-7-17-10/h5,7-9,16H,1-4,6H2,(H,15,17). The number of hydrogen-bond acceptors (Lipinski definition) is 2. The molecule has 1 aliphatic carbocycles. The van der Waals surface area contributed by atoms with Gasteiger partial charge in [-0.2, -0.15) is 13.2 Å². The molecule has 0 bridgehead atoms. The number of rotatable bonds is 3. The molecule has 0 spiro atoms. The van der Waals surface area contributed by atoms with Gasteiger partial charge in [-0.15, -0.1) is 0 Å². The fraction of sp³-hybridized carbons (Fsp3) is 0.727. The van der Waals surface area contributed by atoms with Gasteiger partial charge in [0.15, 0.2) is 0 Å². The first-order valence-electron chi connectivity index (χ1n) is 5.83. The maximum Gasteiger partial charge on any atom is 0.391 e. The zero-order chi connectivity index (χ0) is 12.3. The second kappa shape index (κ2) is 5.08. The Morgan fingerprint density at radius 1 is 1.41 bits per heavy atom. The third-order valence-corrected chi connectivity index (χ3v) is 3.27. The Hall–Kier alpha value is -1.04. The molecule has 2 N–H and O–H groups in total. The number of halogens is 3. The normalized spacial score (nSPS) is 26.1. The molecule has 17 heavy (non-hydrogen) atoms. The van der Waals surface area contributed by atoms with E-state index >= 15 is 0 Å². The molecule has 0 aliphatic heterocycles. The zero-order valence-electron chi connectivity index (χ0n) is 9.43. The minimum atomic E-state index is -4.05. The number of H-pyrrole nitrogens is 1. The monoisotopic (exact) mass is 247 g/mol. The van der Waals surface area contributed by atoms with E-state index in [2.05, 4.69) is 15.3 Å². The highest BCUT2D eigenvalue weighted by Crippen LogP contribution is 2.37. The zero-order valence-corrected chi connectivity index (χ0v) is 9.43. The van der Waals surface area contributed by atoms with Crippen LogP contribution in [0.15, 0.2) is 12.5 Å². The van der Waals surface area contributed by atoms with Crippen LogP contribution < -0.4 is 5.32 Å². The Morgan fingerprint density at radius 3 is 2.88 bits per heavy atom. The minimum Gasteiger partial charge on any atom is -0.347 e. The molecule has 1 heterocycles. The van der Waals surface area contributed by atoms with Gasteiger partial charge in [-0.05, 0) is 19.3 Å². The highest BCUT2D eigenvalue weighted by Gasteiger charge is 2.41. The quantitative estimate of drug-likeness (QED) is 0.862. The molecule has 0 radical (unpaired) electrons. The molecular formula is C11H16F3N3. The molecule has 0 aromatic carbocycles. The Morgan fingerprint density at radius 2 is 2.24 bits per heavy atom.